The second-order valence-corrected chi connectivity index (χ2v) is 5.60. The number of hydrogen-bond donors (Lipinski definition) is 1. The van der Waals surface area contributed by atoms with E-state index >= 15 is 0 Å². The molecule has 0 aliphatic rings. The van der Waals surface area contributed by atoms with E-state index in [0.717, 1.165) is 0 Å². The van der Waals surface area contributed by atoms with E-state index in [9.17, 15) is 9.59 Å². The zero-order valence-corrected chi connectivity index (χ0v) is 15.0. The lowest BCUT2D eigenvalue weighted by Crippen LogP contribution is -2.21. The predicted molar refractivity (Wildman–Crippen MR) is 94.9 cm³/mol. The number of ether oxygens (including phenoxy) is 3. The Balaban J connectivity index is 2.01. The smallest absolute Gasteiger partial charge is 0.342 e. The molecular weight excluding hydrogens is 369 g/mol. The number of carbonyl (C=O) groups excluding carboxylic acids is 2. The first-order chi connectivity index (χ1) is 12.0. The van der Waals surface area contributed by atoms with Crippen LogP contribution in [0.25, 0.3) is 0 Å². The van der Waals surface area contributed by atoms with Crippen LogP contribution in [0.4, 0.5) is 5.69 Å². The average Bonchev–Trinajstić information content (AvgIpc) is 2.62. The number of rotatable bonds is 6. The third kappa shape index (κ3) is 4.78. The Kier molecular flexibility index (Phi) is 6.50. The molecule has 0 atom stereocenters. The molecule has 1 amide bonds. The second kappa shape index (κ2) is 8.60. The summed E-state index contributed by atoms with van der Waals surface area (Å²) >= 11 is 11.9. The van der Waals surface area contributed by atoms with Crippen molar-refractivity contribution in [1.82, 2.24) is 0 Å². The fourth-order valence-electron chi connectivity index (χ4n) is 1.97. The van der Waals surface area contributed by atoms with Gasteiger partial charge in [0, 0.05) is 6.07 Å². The summed E-state index contributed by atoms with van der Waals surface area (Å²) in [7, 11) is 2.91. The SMILES string of the molecule is COc1ccc(C(=O)OCC(=O)Nc2c(Cl)cccc2Cl)c(OC)c1. The molecule has 0 saturated carbocycles. The first kappa shape index (κ1) is 18.9. The molecule has 0 saturated heterocycles. The zero-order chi connectivity index (χ0) is 18.4. The maximum Gasteiger partial charge on any atom is 0.342 e. The number of benzene rings is 2. The molecule has 0 unspecified atom stereocenters. The average molecular weight is 384 g/mol. The summed E-state index contributed by atoms with van der Waals surface area (Å²) < 4.78 is 15.2. The molecule has 0 spiro atoms. The number of hydrogen-bond acceptors (Lipinski definition) is 5. The lowest BCUT2D eigenvalue weighted by molar-refractivity contribution is -0.119. The van der Waals surface area contributed by atoms with E-state index in [4.69, 9.17) is 37.4 Å². The van der Waals surface area contributed by atoms with Crippen LogP contribution < -0.4 is 14.8 Å². The Morgan fingerprint density at radius 2 is 1.72 bits per heavy atom. The number of anilines is 1. The van der Waals surface area contributed by atoms with Crippen LogP contribution in [0.15, 0.2) is 36.4 Å². The van der Waals surface area contributed by atoms with Gasteiger partial charge in [-0.05, 0) is 24.3 Å². The van der Waals surface area contributed by atoms with Gasteiger partial charge in [-0.15, -0.1) is 0 Å². The molecular formula is C17H15Cl2NO5. The van der Waals surface area contributed by atoms with E-state index in [0.29, 0.717) is 5.75 Å². The van der Waals surface area contributed by atoms with Gasteiger partial charge in [-0.25, -0.2) is 4.79 Å². The summed E-state index contributed by atoms with van der Waals surface area (Å²) in [5.41, 5.74) is 0.431. The molecule has 2 aromatic carbocycles. The fraction of sp³-hybridized carbons (Fsp3) is 0.176. The largest absolute Gasteiger partial charge is 0.497 e. The summed E-state index contributed by atoms with van der Waals surface area (Å²) in [6.07, 6.45) is 0. The highest BCUT2D eigenvalue weighted by atomic mass is 35.5. The van der Waals surface area contributed by atoms with Crippen LogP contribution in [-0.4, -0.2) is 32.7 Å². The van der Waals surface area contributed by atoms with Crippen molar-refractivity contribution in [2.75, 3.05) is 26.1 Å². The van der Waals surface area contributed by atoms with Crippen molar-refractivity contribution in [2.24, 2.45) is 0 Å². The normalized spacial score (nSPS) is 10.1. The Labute approximate surface area is 154 Å². The van der Waals surface area contributed by atoms with Gasteiger partial charge in [0.1, 0.15) is 17.1 Å². The minimum atomic E-state index is -0.708. The summed E-state index contributed by atoms with van der Waals surface area (Å²) in [5, 5.41) is 3.06. The number of amides is 1. The minimum Gasteiger partial charge on any atom is -0.497 e. The topological polar surface area (TPSA) is 73.9 Å². The minimum absolute atomic E-state index is 0.173. The summed E-state index contributed by atoms with van der Waals surface area (Å²) in [4.78, 5) is 24.1. The van der Waals surface area contributed by atoms with E-state index in [1.165, 1.54) is 20.3 Å². The highest BCUT2D eigenvalue weighted by Gasteiger charge is 2.17. The molecule has 1 N–H and O–H groups in total. The maximum atomic E-state index is 12.1. The number of para-hydroxylation sites is 1. The molecule has 0 radical (unpaired) electrons. The van der Waals surface area contributed by atoms with E-state index in [2.05, 4.69) is 5.32 Å². The number of nitrogens with one attached hydrogen (secondary N) is 1. The molecule has 0 aromatic heterocycles. The van der Waals surface area contributed by atoms with Gasteiger partial charge in [0.2, 0.25) is 0 Å². The van der Waals surface area contributed by atoms with Crippen molar-refractivity contribution in [3.05, 3.63) is 52.0 Å². The van der Waals surface area contributed by atoms with Gasteiger partial charge < -0.3 is 19.5 Å². The molecule has 0 bridgehead atoms. The van der Waals surface area contributed by atoms with Gasteiger partial charge in [-0.1, -0.05) is 29.3 Å². The van der Waals surface area contributed by atoms with E-state index in [1.807, 2.05) is 0 Å². The number of methoxy groups -OCH3 is 2. The summed E-state index contributed by atoms with van der Waals surface area (Å²) in [6, 6.07) is 9.43. The molecule has 0 aliphatic heterocycles. The zero-order valence-electron chi connectivity index (χ0n) is 13.5. The molecule has 25 heavy (non-hydrogen) atoms. The van der Waals surface area contributed by atoms with Crippen LogP contribution in [-0.2, 0) is 9.53 Å². The number of halogens is 2. The van der Waals surface area contributed by atoms with E-state index in [1.54, 1.807) is 30.3 Å². The first-order valence-corrected chi connectivity index (χ1v) is 7.85. The van der Waals surface area contributed by atoms with Crippen molar-refractivity contribution in [1.29, 1.82) is 0 Å². The maximum absolute atomic E-state index is 12.1. The van der Waals surface area contributed by atoms with Gasteiger partial charge in [0.15, 0.2) is 6.61 Å². The predicted octanol–water partition coefficient (Wildman–Crippen LogP) is 3.81. The van der Waals surface area contributed by atoms with Crippen molar-refractivity contribution >= 4 is 40.8 Å². The van der Waals surface area contributed by atoms with Gasteiger partial charge in [-0.2, -0.15) is 0 Å². The summed E-state index contributed by atoms with van der Waals surface area (Å²) in [6.45, 7) is -0.504. The van der Waals surface area contributed by atoms with Crippen LogP contribution in [0.5, 0.6) is 11.5 Å². The van der Waals surface area contributed by atoms with Crippen molar-refractivity contribution in [2.45, 2.75) is 0 Å². The van der Waals surface area contributed by atoms with Gasteiger partial charge in [-0.3, -0.25) is 4.79 Å². The van der Waals surface area contributed by atoms with Crippen molar-refractivity contribution < 1.29 is 23.8 Å². The molecule has 2 rings (SSSR count). The van der Waals surface area contributed by atoms with Gasteiger partial charge in [0.05, 0.1) is 30.0 Å². The standard InChI is InChI=1S/C17H15Cl2NO5/c1-23-10-6-7-11(14(8-10)24-2)17(22)25-9-15(21)20-16-12(18)4-3-5-13(16)19/h3-8H,9H2,1-2H3,(H,20,21). The first-order valence-electron chi connectivity index (χ1n) is 7.09. The monoisotopic (exact) mass is 383 g/mol. The van der Waals surface area contributed by atoms with Crippen LogP contribution >= 0.6 is 23.2 Å². The Morgan fingerprint density at radius 3 is 2.32 bits per heavy atom. The molecule has 6 nitrogen and oxygen atoms in total. The number of esters is 1. The fourth-order valence-corrected chi connectivity index (χ4v) is 2.46. The quantitative estimate of drug-likeness (QED) is 0.767. The van der Waals surface area contributed by atoms with Crippen LogP contribution in [0, 0.1) is 0 Å². The van der Waals surface area contributed by atoms with Crippen molar-refractivity contribution in [3.8, 4) is 11.5 Å². The van der Waals surface area contributed by atoms with Crippen LogP contribution in [0.3, 0.4) is 0 Å². The second-order valence-electron chi connectivity index (χ2n) is 4.79. The highest BCUT2D eigenvalue weighted by Crippen LogP contribution is 2.29. The number of carbonyl (C=O) groups is 2. The Morgan fingerprint density at radius 1 is 1.04 bits per heavy atom. The molecule has 2 aromatic rings. The van der Waals surface area contributed by atoms with Crippen LogP contribution in [0.2, 0.25) is 10.0 Å². The molecule has 0 fully saturated rings. The third-order valence-corrected chi connectivity index (χ3v) is 3.82. The van der Waals surface area contributed by atoms with E-state index in [-0.39, 0.29) is 27.0 Å². The molecule has 8 heteroatoms. The highest BCUT2D eigenvalue weighted by molar-refractivity contribution is 6.39. The van der Waals surface area contributed by atoms with Gasteiger partial charge in [0.25, 0.3) is 5.91 Å². The lowest BCUT2D eigenvalue weighted by Gasteiger charge is -2.11. The lowest BCUT2D eigenvalue weighted by atomic mass is 10.2. The van der Waals surface area contributed by atoms with E-state index < -0.39 is 18.5 Å². The molecule has 0 heterocycles. The Hall–Kier alpha value is -2.44. The molecule has 132 valence electrons. The van der Waals surface area contributed by atoms with Crippen LogP contribution in [0.1, 0.15) is 10.4 Å². The summed E-state index contributed by atoms with van der Waals surface area (Å²) in [5.74, 6) is -0.478. The Bertz CT molecular complexity index is 774. The third-order valence-electron chi connectivity index (χ3n) is 3.19. The van der Waals surface area contributed by atoms with Gasteiger partial charge >= 0.3 is 5.97 Å². The molecule has 0 aliphatic carbocycles. The van der Waals surface area contributed by atoms with Crippen molar-refractivity contribution in [3.63, 3.8) is 0 Å².